The summed E-state index contributed by atoms with van der Waals surface area (Å²) in [6.07, 6.45) is -1.94. The second-order valence-electron chi connectivity index (χ2n) is 6.94. The Bertz CT molecular complexity index is 677. The Balaban J connectivity index is 5.78. The van der Waals surface area contributed by atoms with E-state index in [4.69, 9.17) is 25.5 Å². The molecule has 0 radical (unpaired) electrons. The van der Waals surface area contributed by atoms with Gasteiger partial charge in [0.1, 0.15) is 0 Å². The average molecular weight is 483 g/mol. The maximum absolute atomic E-state index is 15.5. The second kappa shape index (κ2) is 13.9. The number of hydrogen-bond acceptors (Lipinski definition) is 9. The summed E-state index contributed by atoms with van der Waals surface area (Å²) in [4.78, 5) is 68.6. The Morgan fingerprint density at radius 3 is 1.15 bits per heavy atom. The van der Waals surface area contributed by atoms with Gasteiger partial charge in [-0.25, -0.2) is 9.18 Å². The minimum absolute atomic E-state index is 0.456. The number of carbonyl (C=O) groups is 6. The first kappa shape index (κ1) is 29.6. The van der Waals surface area contributed by atoms with E-state index in [9.17, 15) is 33.9 Å². The molecule has 16 heteroatoms. The largest absolute Gasteiger partial charge is 0.481 e. The molecule has 0 aromatic carbocycles. The summed E-state index contributed by atoms with van der Waals surface area (Å²) in [5.74, 6) is -12.5. The highest BCUT2D eigenvalue weighted by Crippen LogP contribution is 2.24. The van der Waals surface area contributed by atoms with Gasteiger partial charge in [0.2, 0.25) is 0 Å². The van der Waals surface area contributed by atoms with Crippen molar-refractivity contribution < 1.29 is 63.8 Å². The van der Waals surface area contributed by atoms with E-state index in [-0.39, 0.29) is 0 Å². The van der Waals surface area contributed by atoms with Gasteiger partial charge in [0.15, 0.2) is 0 Å². The van der Waals surface area contributed by atoms with E-state index in [0.717, 1.165) is 9.80 Å². The van der Waals surface area contributed by atoms with Gasteiger partial charge in [0, 0.05) is 32.6 Å². The third kappa shape index (κ3) is 12.3. The molecular formula is C17H26FN3O12. The smallest absolute Gasteiger partial charge is 0.357 e. The summed E-state index contributed by atoms with van der Waals surface area (Å²) in [5, 5.41) is 53.8. The predicted molar refractivity (Wildman–Crippen MR) is 103 cm³/mol. The second-order valence-corrected chi connectivity index (χ2v) is 6.94. The third-order valence-corrected chi connectivity index (χ3v) is 4.31. The first-order chi connectivity index (χ1) is 15.2. The van der Waals surface area contributed by atoms with Gasteiger partial charge >= 0.3 is 35.8 Å². The first-order valence-electron chi connectivity index (χ1n) is 9.38. The predicted octanol–water partition coefficient (Wildman–Crippen LogP) is -2.15. The Morgan fingerprint density at radius 2 is 0.909 bits per heavy atom. The van der Waals surface area contributed by atoms with Crippen LogP contribution >= 0.6 is 0 Å². The van der Waals surface area contributed by atoms with Gasteiger partial charge in [-0.3, -0.25) is 38.7 Å². The van der Waals surface area contributed by atoms with Crippen LogP contribution in [0.3, 0.4) is 0 Å². The molecule has 0 aliphatic heterocycles. The van der Waals surface area contributed by atoms with Crippen LogP contribution in [0.5, 0.6) is 0 Å². The molecule has 0 aromatic rings. The third-order valence-electron chi connectivity index (χ3n) is 4.31. The van der Waals surface area contributed by atoms with Crippen molar-refractivity contribution in [3.8, 4) is 0 Å². The van der Waals surface area contributed by atoms with Crippen LogP contribution in [0.1, 0.15) is 12.8 Å². The molecule has 0 aliphatic carbocycles. The molecule has 0 amide bonds. The van der Waals surface area contributed by atoms with Crippen LogP contribution in [0.25, 0.3) is 0 Å². The Hall–Kier alpha value is -3.37. The zero-order valence-electron chi connectivity index (χ0n) is 17.4. The van der Waals surface area contributed by atoms with E-state index in [1.807, 2.05) is 0 Å². The van der Waals surface area contributed by atoms with Crippen LogP contribution in [0, 0.1) is 0 Å². The maximum Gasteiger partial charge on any atom is 0.357 e. The molecule has 0 saturated heterocycles. The summed E-state index contributed by atoms with van der Waals surface area (Å²) in [7, 11) is 0. The van der Waals surface area contributed by atoms with Crippen LogP contribution in [-0.4, -0.2) is 139 Å². The Morgan fingerprint density at radius 1 is 0.576 bits per heavy atom. The number of hydrogen-bond donors (Lipinski definition) is 6. The fourth-order valence-electron chi connectivity index (χ4n) is 2.86. The van der Waals surface area contributed by atoms with Gasteiger partial charge in [-0.15, -0.1) is 0 Å². The standard InChI is InChI=1S/C17H26FN3O12/c18-17(16(32)33,2-1-11(22)23)21(5-3-19(7-12(24)25)8-13(26)27)6-4-20(9-14(28)29)10-15(30)31/h1-10H2,(H,22,23)(H,24,25)(H,26,27)(H,28,29)(H,30,31)(H,32,33)/t17-/m0/s1. The van der Waals surface area contributed by atoms with Gasteiger partial charge in [-0.05, 0) is 0 Å². The number of halogens is 1. The van der Waals surface area contributed by atoms with Gasteiger partial charge in [0.25, 0.3) is 5.79 Å². The zero-order valence-corrected chi connectivity index (χ0v) is 17.4. The fraction of sp³-hybridized carbons (Fsp3) is 0.647. The molecule has 188 valence electrons. The van der Waals surface area contributed by atoms with E-state index in [0.29, 0.717) is 4.90 Å². The number of alkyl halides is 1. The zero-order chi connectivity index (χ0) is 25.8. The van der Waals surface area contributed by atoms with E-state index >= 15 is 4.39 Å². The molecule has 33 heavy (non-hydrogen) atoms. The van der Waals surface area contributed by atoms with Gasteiger partial charge < -0.3 is 30.6 Å². The van der Waals surface area contributed by atoms with Crippen molar-refractivity contribution in [3.05, 3.63) is 0 Å². The molecule has 0 aromatic heterocycles. The minimum Gasteiger partial charge on any atom is -0.481 e. The monoisotopic (exact) mass is 483 g/mol. The number of carboxylic acids is 6. The summed E-state index contributed by atoms with van der Waals surface area (Å²) in [5.41, 5.74) is 0. The lowest BCUT2D eigenvalue weighted by Crippen LogP contribution is -2.56. The van der Waals surface area contributed by atoms with E-state index in [2.05, 4.69) is 0 Å². The van der Waals surface area contributed by atoms with Crippen molar-refractivity contribution in [2.45, 2.75) is 18.6 Å². The molecule has 1 atom stereocenters. The van der Waals surface area contributed by atoms with Crippen molar-refractivity contribution in [2.75, 3.05) is 52.4 Å². The summed E-state index contributed by atoms with van der Waals surface area (Å²) in [6, 6.07) is 0. The van der Waals surface area contributed by atoms with Gasteiger partial charge in [0.05, 0.1) is 32.6 Å². The molecule has 0 saturated carbocycles. The summed E-state index contributed by atoms with van der Waals surface area (Å²) < 4.78 is 15.5. The van der Waals surface area contributed by atoms with Crippen LogP contribution in [0.4, 0.5) is 4.39 Å². The molecule has 0 unspecified atom stereocenters. The molecule has 0 heterocycles. The van der Waals surface area contributed by atoms with Crippen molar-refractivity contribution in [2.24, 2.45) is 0 Å². The molecule has 0 fully saturated rings. The van der Waals surface area contributed by atoms with E-state index in [1.165, 1.54) is 0 Å². The lowest BCUT2D eigenvalue weighted by Gasteiger charge is -2.36. The first-order valence-corrected chi connectivity index (χ1v) is 9.38. The van der Waals surface area contributed by atoms with Crippen molar-refractivity contribution in [1.82, 2.24) is 14.7 Å². The SMILES string of the molecule is O=C(O)CC[C@@](F)(C(=O)O)N(CCN(CC(=O)O)CC(=O)O)CCN(CC(=O)O)CC(=O)O. The topological polar surface area (TPSA) is 234 Å². The normalized spacial score (nSPS) is 13.1. The number of nitrogens with zero attached hydrogens (tertiary/aromatic N) is 3. The number of rotatable bonds is 19. The fourth-order valence-corrected chi connectivity index (χ4v) is 2.86. The lowest BCUT2D eigenvalue weighted by atomic mass is 10.1. The highest BCUT2D eigenvalue weighted by molar-refractivity contribution is 5.78. The van der Waals surface area contributed by atoms with Gasteiger partial charge in [-0.2, -0.15) is 0 Å². The molecular weight excluding hydrogens is 457 g/mol. The minimum atomic E-state index is -3.30. The highest BCUT2D eigenvalue weighted by Gasteiger charge is 2.45. The number of carboxylic acid groups (broad SMARTS) is 6. The van der Waals surface area contributed by atoms with Crippen molar-refractivity contribution >= 4 is 35.8 Å². The summed E-state index contributed by atoms with van der Waals surface area (Å²) in [6.45, 7) is -5.17. The molecule has 15 nitrogen and oxygen atoms in total. The molecule has 0 bridgehead atoms. The van der Waals surface area contributed by atoms with Crippen LogP contribution < -0.4 is 0 Å². The van der Waals surface area contributed by atoms with Crippen LogP contribution in [0.2, 0.25) is 0 Å². The molecule has 0 rings (SSSR count). The van der Waals surface area contributed by atoms with Crippen molar-refractivity contribution in [3.63, 3.8) is 0 Å². The highest BCUT2D eigenvalue weighted by atomic mass is 19.1. The maximum atomic E-state index is 15.5. The Labute approximate surface area is 186 Å². The Kier molecular flexibility index (Phi) is 12.5. The van der Waals surface area contributed by atoms with Crippen LogP contribution in [-0.2, 0) is 28.8 Å². The average Bonchev–Trinajstić information content (AvgIpc) is 2.63. The molecule has 6 N–H and O–H groups in total. The molecule has 0 spiro atoms. The van der Waals surface area contributed by atoms with Crippen LogP contribution in [0.15, 0.2) is 0 Å². The van der Waals surface area contributed by atoms with E-state index < -0.39 is 107 Å². The molecule has 0 aliphatic rings. The lowest BCUT2D eigenvalue weighted by molar-refractivity contribution is -0.170. The van der Waals surface area contributed by atoms with E-state index in [1.54, 1.807) is 0 Å². The number of aliphatic carboxylic acids is 6. The van der Waals surface area contributed by atoms with Crippen molar-refractivity contribution in [1.29, 1.82) is 0 Å². The summed E-state index contributed by atoms with van der Waals surface area (Å²) >= 11 is 0. The quantitative estimate of drug-likeness (QED) is 0.107. The van der Waals surface area contributed by atoms with Gasteiger partial charge in [-0.1, -0.05) is 0 Å².